The van der Waals surface area contributed by atoms with E-state index in [1.807, 2.05) is 0 Å². The molecule has 0 amide bonds. The fraction of sp³-hybridized carbons (Fsp3) is 1.00. The number of rotatable bonds is 3. The smallest absolute Gasteiger partial charge is 0.282 e. The number of hydrogen-bond acceptors (Lipinski definition) is 4. The molecule has 2 fully saturated rings. The van der Waals surface area contributed by atoms with Crippen molar-refractivity contribution in [2.24, 2.45) is 11.8 Å². The second-order valence-corrected chi connectivity index (χ2v) is 7.73. The lowest BCUT2D eigenvalue weighted by Crippen LogP contribution is -2.54. The maximum absolute atomic E-state index is 12.6. The van der Waals surface area contributed by atoms with Crippen LogP contribution < -0.4 is 0 Å². The number of ether oxygens (including phenoxy) is 1. The van der Waals surface area contributed by atoms with Gasteiger partial charge in [-0.25, -0.2) is 0 Å². The molecule has 1 N–H and O–H groups in total. The van der Waals surface area contributed by atoms with Crippen LogP contribution in [0.1, 0.15) is 20.3 Å². The molecule has 0 aromatic rings. The number of hydrogen-bond donors (Lipinski definition) is 1. The molecule has 19 heavy (non-hydrogen) atoms. The minimum atomic E-state index is -3.42. The molecule has 2 saturated heterocycles. The maximum atomic E-state index is 12.6. The zero-order valence-corrected chi connectivity index (χ0v) is 12.5. The van der Waals surface area contributed by atoms with Crippen LogP contribution in [-0.2, 0) is 14.9 Å². The van der Waals surface area contributed by atoms with Gasteiger partial charge in [-0.05, 0) is 18.3 Å². The van der Waals surface area contributed by atoms with Crippen molar-refractivity contribution >= 4 is 10.2 Å². The third-order valence-corrected chi connectivity index (χ3v) is 5.73. The molecule has 6 nitrogen and oxygen atoms in total. The Morgan fingerprint density at radius 1 is 1.16 bits per heavy atom. The molecule has 0 aromatic carbocycles. The third kappa shape index (κ3) is 3.46. The van der Waals surface area contributed by atoms with E-state index in [4.69, 9.17) is 9.84 Å². The highest BCUT2D eigenvalue weighted by Gasteiger charge is 2.37. The first-order valence-corrected chi connectivity index (χ1v) is 8.31. The predicted octanol–water partition coefficient (Wildman–Crippen LogP) is -0.0978. The Balaban J connectivity index is 2.08. The van der Waals surface area contributed by atoms with Crippen molar-refractivity contribution in [3.05, 3.63) is 0 Å². The Bertz CT molecular complexity index is 391. The minimum Gasteiger partial charge on any atom is -0.394 e. The molecule has 0 radical (unpaired) electrons. The monoisotopic (exact) mass is 292 g/mol. The highest BCUT2D eigenvalue weighted by atomic mass is 32.2. The summed E-state index contributed by atoms with van der Waals surface area (Å²) >= 11 is 0. The molecule has 0 aliphatic carbocycles. The molecule has 112 valence electrons. The van der Waals surface area contributed by atoms with Gasteiger partial charge in [-0.1, -0.05) is 13.8 Å². The van der Waals surface area contributed by atoms with Gasteiger partial charge < -0.3 is 9.84 Å². The molecular weight excluding hydrogens is 268 g/mol. The molecule has 2 aliphatic rings. The van der Waals surface area contributed by atoms with Crippen LogP contribution in [0.25, 0.3) is 0 Å². The Morgan fingerprint density at radius 3 is 2.37 bits per heavy atom. The maximum Gasteiger partial charge on any atom is 0.282 e. The molecular formula is C12H24N2O4S. The van der Waals surface area contributed by atoms with Crippen molar-refractivity contribution in [2.45, 2.75) is 26.4 Å². The van der Waals surface area contributed by atoms with Gasteiger partial charge in [0, 0.05) is 26.2 Å². The largest absolute Gasteiger partial charge is 0.394 e. The van der Waals surface area contributed by atoms with Crippen molar-refractivity contribution in [2.75, 3.05) is 39.4 Å². The number of aliphatic hydroxyl groups excluding tert-OH is 1. The molecule has 7 heteroatoms. The topological polar surface area (TPSA) is 70.1 Å². The van der Waals surface area contributed by atoms with E-state index < -0.39 is 16.3 Å². The Hall–Kier alpha value is -0.210. The van der Waals surface area contributed by atoms with Gasteiger partial charge in [0.05, 0.1) is 19.3 Å². The second-order valence-electron chi connectivity index (χ2n) is 5.80. The minimum absolute atomic E-state index is 0.140. The molecule has 2 rings (SSSR count). The summed E-state index contributed by atoms with van der Waals surface area (Å²) in [4.78, 5) is 0. The molecule has 0 saturated carbocycles. The lowest BCUT2D eigenvalue weighted by atomic mass is 9.94. The van der Waals surface area contributed by atoms with E-state index in [-0.39, 0.29) is 13.2 Å². The van der Waals surface area contributed by atoms with Crippen molar-refractivity contribution < 1.29 is 18.3 Å². The summed E-state index contributed by atoms with van der Waals surface area (Å²) in [7, 11) is -3.42. The van der Waals surface area contributed by atoms with Crippen LogP contribution in [0.3, 0.4) is 0 Å². The molecule has 0 bridgehead atoms. The van der Waals surface area contributed by atoms with Crippen molar-refractivity contribution in [1.82, 2.24) is 8.61 Å². The van der Waals surface area contributed by atoms with E-state index in [1.54, 1.807) is 4.31 Å². The first-order valence-electron chi connectivity index (χ1n) is 6.91. The number of morpholine rings is 1. The van der Waals surface area contributed by atoms with Crippen LogP contribution in [0.4, 0.5) is 0 Å². The second kappa shape index (κ2) is 6.05. The predicted molar refractivity (Wildman–Crippen MR) is 71.8 cm³/mol. The van der Waals surface area contributed by atoms with E-state index in [9.17, 15) is 8.42 Å². The molecule has 2 heterocycles. The Morgan fingerprint density at radius 2 is 1.79 bits per heavy atom. The molecule has 3 atom stereocenters. The van der Waals surface area contributed by atoms with Crippen LogP contribution >= 0.6 is 0 Å². The highest BCUT2D eigenvalue weighted by molar-refractivity contribution is 7.86. The Kier molecular flexibility index (Phi) is 4.84. The van der Waals surface area contributed by atoms with Gasteiger partial charge >= 0.3 is 0 Å². The summed E-state index contributed by atoms with van der Waals surface area (Å²) < 4.78 is 33.6. The third-order valence-electron chi connectivity index (χ3n) is 3.79. The van der Waals surface area contributed by atoms with Gasteiger partial charge in [-0.2, -0.15) is 17.0 Å². The number of aliphatic hydroxyl groups is 1. The number of nitrogens with zero attached hydrogens (tertiary/aromatic N) is 2. The van der Waals surface area contributed by atoms with E-state index in [1.165, 1.54) is 4.31 Å². The van der Waals surface area contributed by atoms with Gasteiger partial charge in [-0.15, -0.1) is 0 Å². The molecule has 3 unspecified atom stereocenters. The zero-order chi connectivity index (χ0) is 14.0. The molecule has 0 spiro atoms. The fourth-order valence-electron chi connectivity index (χ4n) is 2.97. The average molecular weight is 292 g/mol. The number of piperidine rings is 1. The van der Waals surface area contributed by atoms with Gasteiger partial charge in [0.15, 0.2) is 0 Å². The zero-order valence-electron chi connectivity index (χ0n) is 11.7. The van der Waals surface area contributed by atoms with Gasteiger partial charge in [-0.3, -0.25) is 0 Å². The SMILES string of the molecule is CC1CC(C)CN(S(=O)(=O)N2CCOC(CO)C2)C1. The highest BCUT2D eigenvalue weighted by Crippen LogP contribution is 2.25. The van der Waals surface area contributed by atoms with Crippen LogP contribution in [-0.4, -0.2) is 67.6 Å². The van der Waals surface area contributed by atoms with Gasteiger partial charge in [0.2, 0.25) is 0 Å². The van der Waals surface area contributed by atoms with Crippen molar-refractivity contribution in [3.63, 3.8) is 0 Å². The standard InChI is InChI=1S/C12H24N2O4S/c1-10-5-11(2)7-14(6-10)19(16,17)13-3-4-18-12(8-13)9-15/h10-12,15H,3-9H2,1-2H3. The van der Waals surface area contributed by atoms with Crippen LogP contribution in [0.2, 0.25) is 0 Å². The van der Waals surface area contributed by atoms with E-state index in [0.717, 1.165) is 6.42 Å². The Labute approximate surface area is 115 Å². The summed E-state index contributed by atoms with van der Waals surface area (Å²) in [6.07, 6.45) is 0.678. The summed E-state index contributed by atoms with van der Waals surface area (Å²) in [5.41, 5.74) is 0. The van der Waals surface area contributed by atoms with Crippen molar-refractivity contribution in [3.8, 4) is 0 Å². The van der Waals surface area contributed by atoms with E-state index in [2.05, 4.69) is 13.8 Å². The molecule has 2 aliphatic heterocycles. The lowest BCUT2D eigenvalue weighted by molar-refractivity contribution is -0.0321. The molecule has 0 aromatic heterocycles. The van der Waals surface area contributed by atoms with Crippen LogP contribution in [0.15, 0.2) is 0 Å². The van der Waals surface area contributed by atoms with Gasteiger partial charge in [0.1, 0.15) is 0 Å². The van der Waals surface area contributed by atoms with E-state index >= 15 is 0 Å². The normalized spacial score (nSPS) is 35.4. The van der Waals surface area contributed by atoms with Crippen LogP contribution in [0.5, 0.6) is 0 Å². The summed E-state index contributed by atoms with van der Waals surface area (Å²) in [5.74, 6) is 0.793. The van der Waals surface area contributed by atoms with Gasteiger partial charge in [0.25, 0.3) is 10.2 Å². The fourth-order valence-corrected chi connectivity index (χ4v) is 4.84. The van der Waals surface area contributed by atoms with Crippen LogP contribution in [0, 0.1) is 11.8 Å². The summed E-state index contributed by atoms with van der Waals surface area (Å²) in [6.45, 7) is 6.20. The van der Waals surface area contributed by atoms with Crippen molar-refractivity contribution in [1.29, 1.82) is 0 Å². The van der Waals surface area contributed by atoms with E-state index in [0.29, 0.717) is 38.1 Å². The summed E-state index contributed by atoms with van der Waals surface area (Å²) in [6, 6.07) is 0. The summed E-state index contributed by atoms with van der Waals surface area (Å²) in [5, 5.41) is 9.11. The average Bonchev–Trinajstić information content (AvgIpc) is 2.37. The lowest BCUT2D eigenvalue weighted by Gasteiger charge is -2.39. The first-order chi connectivity index (χ1) is 8.93. The quantitative estimate of drug-likeness (QED) is 0.789. The first kappa shape index (κ1) is 15.2.